The van der Waals surface area contributed by atoms with E-state index < -0.39 is 10.0 Å². The summed E-state index contributed by atoms with van der Waals surface area (Å²) in [5, 5.41) is 9.81. The molecule has 0 fully saturated rings. The molecule has 0 saturated carbocycles. The van der Waals surface area contributed by atoms with Gasteiger partial charge in [-0.3, -0.25) is 9.52 Å². The molecule has 0 aliphatic rings. The highest BCUT2D eigenvalue weighted by Gasteiger charge is 2.20. The van der Waals surface area contributed by atoms with Crippen LogP contribution in [0.1, 0.15) is 10.4 Å². The van der Waals surface area contributed by atoms with E-state index in [1.165, 1.54) is 47.4 Å². The number of para-hydroxylation sites is 1. The molecule has 2 rings (SSSR count). The molecular weight excluding hydrogens is 340 g/mol. The molecule has 0 aliphatic carbocycles. The van der Waals surface area contributed by atoms with Gasteiger partial charge in [0.15, 0.2) is 0 Å². The van der Waals surface area contributed by atoms with Crippen LogP contribution in [0, 0.1) is 0 Å². The Morgan fingerprint density at radius 1 is 1.17 bits per heavy atom. The predicted molar refractivity (Wildman–Crippen MR) is 88.4 cm³/mol. The summed E-state index contributed by atoms with van der Waals surface area (Å²) in [5.74, 6) is -0.607. The van der Waals surface area contributed by atoms with E-state index in [4.69, 9.17) is 11.6 Å². The number of phenolic OH excluding ortho intramolecular Hbond substituents is 1. The highest BCUT2D eigenvalue weighted by Crippen LogP contribution is 2.33. The maximum absolute atomic E-state index is 12.4. The average molecular weight is 355 g/mol. The van der Waals surface area contributed by atoms with Crippen LogP contribution in [-0.4, -0.2) is 38.4 Å². The van der Waals surface area contributed by atoms with E-state index in [-0.39, 0.29) is 32.8 Å². The average Bonchev–Trinajstić information content (AvgIpc) is 2.50. The maximum atomic E-state index is 12.4. The molecular formula is C15H15ClN2O4S. The minimum Gasteiger partial charge on any atom is -0.506 e. The third-order valence-electron chi connectivity index (χ3n) is 3.03. The number of hydrogen-bond donors (Lipinski definition) is 2. The van der Waals surface area contributed by atoms with Crippen molar-refractivity contribution < 1.29 is 18.3 Å². The van der Waals surface area contributed by atoms with Crippen LogP contribution in [0.2, 0.25) is 5.02 Å². The number of carbonyl (C=O) groups excluding carboxylic acids is 1. The fourth-order valence-electron chi connectivity index (χ4n) is 1.86. The fraction of sp³-hybridized carbons (Fsp3) is 0.133. The normalized spacial score (nSPS) is 11.1. The first-order valence-electron chi connectivity index (χ1n) is 6.54. The standard InChI is InChI=1S/C15H15ClN2O4S/c1-18(2)15(20)10-5-3-6-11(9-10)23(21,22)17-14-12(16)7-4-8-13(14)19/h3-9,17,19H,1-2H3. The van der Waals surface area contributed by atoms with Crippen LogP contribution in [0.5, 0.6) is 5.75 Å². The highest BCUT2D eigenvalue weighted by atomic mass is 35.5. The molecule has 0 spiro atoms. The molecule has 8 heteroatoms. The number of aromatic hydroxyl groups is 1. The largest absolute Gasteiger partial charge is 0.506 e. The van der Waals surface area contributed by atoms with Crippen molar-refractivity contribution in [2.45, 2.75) is 4.90 Å². The van der Waals surface area contributed by atoms with E-state index in [2.05, 4.69) is 4.72 Å². The Hall–Kier alpha value is -2.25. The summed E-state index contributed by atoms with van der Waals surface area (Å²) in [6.07, 6.45) is 0. The number of hydrogen-bond acceptors (Lipinski definition) is 4. The summed E-state index contributed by atoms with van der Waals surface area (Å²) in [6.45, 7) is 0. The van der Waals surface area contributed by atoms with E-state index in [9.17, 15) is 18.3 Å². The Morgan fingerprint density at radius 3 is 2.43 bits per heavy atom. The van der Waals surface area contributed by atoms with Crippen molar-refractivity contribution in [3.05, 3.63) is 53.1 Å². The van der Waals surface area contributed by atoms with Crippen molar-refractivity contribution >= 4 is 33.2 Å². The molecule has 2 N–H and O–H groups in total. The number of rotatable bonds is 4. The summed E-state index contributed by atoms with van der Waals surface area (Å²) in [7, 11) is -0.859. The molecule has 0 aliphatic heterocycles. The molecule has 2 aromatic rings. The minimum absolute atomic E-state index is 0.0640. The van der Waals surface area contributed by atoms with Gasteiger partial charge < -0.3 is 10.0 Å². The van der Waals surface area contributed by atoms with Crippen LogP contribution in [0.4, 0.5) is 5.69 Å². The smallest absolute Gasteiger partial charge is 0.262 e. The Morgan fingerprint density at radius 2 is 1.83 bits per heavy atom. The molecule has 23 heavy (non-hydrogen) atoms. The summed E-state index contributed by atoms with van der Waals surface area (Å²) in [6, 6.07) is 9.86. The summed E-state index contributed by atoms with van der Waals surface area (Å²) < 4.78 is 27.1. The van der Waals surface area contributed by atoms with Gasteiger partial charge in [0.1, 0.15) is 11.4 Å². The van der Waals surface area contributed by atoms with E-state index in [1.54, 1.807) is 14.1 Å². The minimum atomic E-state index is -4.01. The third kappa shape index (κ3) is 3.75. The number of anilines is 1. The predicted octanol–water partition coefficient (Wildman–Crippen LogP) is 2.55. The highest BCUT2D eigenvalue weighted by molar-refractivity contribution is 7.92. The lowest BCUT2D eigenvalue weighted by Gasteiger charge is -2.13. The molecule has 1 amide bonds. The second kappa shape index (κ2) is 6.47. The van der Waals surface area contributed by atoms with Crippen molar-refractivity contribution in [3.8, 4) is 5.75 Å². The number of carbonyl (C=O) groups is 1. The number of halogens is 1. The maximum Gasteiger partial charge on any atom is 0.262 e. The monoisotopic (exact) mass is 354 g/mol. The van der Waals surface area contributed by atoms with Gasteiger partial charge in [0.2, 0.25) is 0 Å². The molecule has 6 nitrogen and oxygen atoms in total. The number of sulfonamides is 1. The topological polar surface area (TPSA) is 86.7 Å². The van der Waals surface area contributed by atoms with Crippen LogP contribution < -0.4 is 4.72 Å². The van der Waals surface area contributed by atoms with E-state index in [1.807, 2.05) is 0 Å². The Bertz CT molecular complexity index is 830. The van der Waals surface area contributed by atoms with Crippen LogP contribution in [-0.2, 0) is 10.0 Å². The van der Waals surface area contributed by atoms with E-state index in [0.29, 0.717) is 0 Å². The third-order valence-corrected chi connectivity index (χ3v) is 4.69. The van der Waals surface area contributed by atoms with Crippen molar-refractivity contribution in [1.29, 1.82) is 0 Å². The lowest BCUT2D eigenvalue weighted by molar-refractivity contribution is 0.0827. The molecule has 0 atom stereocenters. The van der Waals surface area contributed by atoms with Gasteiger partial charge in [0.25, 0.3) is 15.9 Å². The van der Waals surface area contributed by atoms with Gasteiger partial charge in [0.05, 0.1) is 9.92 Å². The van der Waals surface area contributed by atoms with Gasteiger partial charge in [-0.15, -0.1) is 0 Å². The Balaban J connectivity index is 2.41. The van der Waals surface area contributed by atoms with Crippen LogP contribution in [0.3, 0.4) is 0 Å². The molecule has 0 saturated heterocycles. The lowest BCUT2D eigenvalue weighted by Crippen LogP contribution is -2.22. The molecule has 0 unspecified atom stereocenters. The van der Waals surface area contributed by atoms with Crippen molar-refractivity contribution in [3.63, 3.8) is 0 Å². The molecule has 2 aromatic carbocycles. The number of nitrogens with zero attached hydrogens (tertiary/aromatic N) is 1. The van der Waals surface area contributed by atoms with Gasteiger partial charge in [-0.25, -0.2) is 8.42 Å². The van der Waals surface area contributed by atoms with Gasteiger partial charge in [-0.1, -0.05) is 23.7 Å². The number of amides is 1. The quantitative estimate of drug-likeness (QED) is 0.826. The Labute approximate surface area is 139 Å². The van der Waals surface area contributed by atoms with Crippen LogP contribution in [0.25, 0.3) is 0 Å². The van der Waals surface area contributed by atoms with Crippen LogP contribution in [0.15, 0.2) is 47.4 Å². The number of phenols is 1. The van der Waals surface area contributed by atoms with Gasteiger partial charge in [-0.05, 0) is 30.3 Å². The van der Waals surface area contributed by atoms with E-state index >= 15 is 0 Å². The number of nitrogens with one attached hydrogen (secondary N) is 1. The first-order chi connectivity index (χ1) is 10.7. The first kappa shape index (κ1) is 17.1. The summed E-state index contributed by atoms with van der Waals surface area (Å²) in [4.78, 5) is 13.2. The summed E-state index contributed by atoms with van der Waals surface area (Å²) >= 11 is 5.90. The van der Waals surface area contributed by atoms with E-state index in [0.717, 1.165) is 0 Å². The second-order valence-electron chi connectivity index (χ2n) is 4.97. The van der Waals surface area contributed by atoms with Gasteiger partial charge in [-0.2, -0.15) is 0 Å². The van der Waals surface area contributed by atoms with Crippen LogP contribution >= 0.6 is 11.6 Å². The van der Waals surface area contributed by atoms with Gasteiger partial charge in [0, 0.05) is 19.7 Å². The fourth-order valence-corrected chi connectivity index (χ4v) is 3.28. The lowest BCUT2D eigenvalue weighted by atomic mass is 10.2. The number of benzene rings is 2. The van der Waals surface area contributed by atoms with Gasteiger partial charge >= 0.3 is 0 Å². The molecule has 0 radical (unpaired) electrons. The van der Waals surface area contributed by atoms with Crippen molar-refractivity contribution in [2.75, 3.05) is 18.8 Å². The summed E-state index contributed by atoms with van der Waals surface area (Å²) in [5.41, 5.74) is 0.125. The zero-order valence-electron chi connectivity index (χ0n) is 12.4. The SMILES string of the molecule is CN(C)C(=O)c1cccc(S(=O)(=O)Nc2c(O)cccc2Cl)c1. The molecule has 0 heterocycles. The molecule has 0 bridgehead atoms. The first-order valence-corrected chi connectivity index (χ1v) is 8.40. The Kier molecular flexibility index (Phi) is 4.82. The molecule has 122 valence electrons. The van der Waals surface area contributed by atoms with Crippen molar-refractivity contribution in [2.24, 2.45) is 0 Å². The zero-order valence-corrected chi connectivity index (χ0v) is 14.0. The molecule has 0 aromatic heterocycles. The van der Waals surface area contributed by atoms with Crippen molar-refractivity contribution in [1.82, 2.24) is 4.90 Å². The zero-order chi connectivity index (χ0) is 17.2. The second-order valence-corrected chi connectivity index (χ2v) is 7.06.